The van der Waals surface area contributed by atoms with Gasteiger partial charge in [0.1, 0.15) is 0 Å². The molecule has 0 bridgehead atoms. The number of halogens is 1. The molecule has 3 rings (SSSR count). The summed E-state index contributed by atoms with van der Waals surface area (Å²) in [5.74, 6) is 1.16. The number of benzene rings is 1. The zero-order valence-corrected chi connectivity index (χ0v) is 16.3. The molecule has 1 aromatic carbocycles. The number of sulfone groups is 1. The first-order chi connectivity index (χ1) is 11.4. The fraction of sp³-hybridized carbons (Fsp3) is 0.588. The average Bonchev–Trinajstić information content (AvgIpc) is 2.85. The summed E-state index contributed by atoms with van der Waals surface area (Å²) in [6.45, 7) is 0.813. The summed E-state index contributed by atoms with van der Waals surface area (Å²) in [5.41, 5.74) is 1.50. The van der Waals surface area contributed by atoms with Crippen LogP contribution in [0.15, 0.2) is 33.7 Å². The molecule has 1 aromatic rings. The molecule has 1 aliphatic heterocycles. The number of rotatable bonds is 4. The Bertz CT molecular complexity index is 712. The molecule has 24 heavy (non-hydrogen) atoms. The Morgan fingerprint density at radius 3 is 2.54 bits per heavy atom. The van der Waals surface area contributed by atoms with E-state index in [9.17, 15) is 8.42 Å². The molecule has 1 heterocycles. The summed E-state index contributed by atoms with van der Waals surface area (Å²) in [4.78, 5) is 4.26. The van der Waals surface area contributed by atoms with Crippen molar-refractivity contribution in [3.63, 3.8) is 0 Å². The van der Waals surface area contributed by atoms with Crippen LogP contribution in [0.1, 0.15) is 31.2 Å². The first-order valence-electron chi connectivity index (χ1n) is 8.36. The van der Waals surface area contributed by atoms with Gasteiger partial charge in [0.15, 0.2) is 15.8 Å². The predicted octanol–water partition coefficient (Wildman–Crippen LogP) is 2.22. The van der Waals surface area contributed by atoms with E-state index in [-0.39, 0.29) is 23.0 Å². The molecular formula is C17H24BrN3O2S. The van der Waals surface area contributed by atoms with Crippen molar-refractivity contribution in [2.24, 2.45) is 4.99 Å². The summed E-state index contributed by atoms with van der Waals surface area (Å²) in [6, 6.07) is 8.51. The maximum absolute atomic E-state index is 11.6. The van der Waals surface area contributed by atoms with Crippen molar-refractivity contribution in [1.82, 2.24) is 10.6 Å². The molecule has 0 aromatic heterocycles. The number of hydrogen-bond acceptors (Lipinski definition) is 3. The highest BCUT2D eigenvalue weighted by atomic mass is 79.9. The molecule has 5 nitrogen and oxygen atoms in total. The van der Waals surface area contributed by atoms with Crippen LogP contribution in [0.2, 0.25) is 0 Å². The molecule has 1 unspecified atom stereocenters. The topological polar surface area (TPSA) is 70.6 Å². The van der Waals surface area contributed by atoms with E-state index < -0.39 is 9.84 Å². The minimum absolute atomic E-state index is 0.0359. The first-order valence-corrected chi connectivity index (χ1v) is 11.0. The second-order valence-electron chi connectivity index (χ2n) is 6.81. The summed E-state index contributed by atoms with van der Waals surface area (Å²) in [6.07, 6.45) is 4.22. The molecule has 2 N–H and O–H groups in total. The van der Waals surface area contributed by atoms with Gasteiger partial charge in [0.2, 0.25) is 0 Å². The molecule has 7 heteroatoms. The maximum Gasteiger partial charge on any atom is 0.191 e. The van der Waals surface area contributed by atoms with Gasteiger partial charge in [-0.05, 0) is 37.0 Å². The van der Waals surface area contributed by atoms with Crippen molar-refractivity contribution < 1.29 is 8.42 Å². The van der Waals surface area contributed by atoms with Crippen molar-refractivity contribution in [3.8, 4) is 0 Å². The minimum atomic E-state index is -2.88. The fourth-order valence-corrected chi connectivity index (χ4v) is 5.46. The Balaban J connectivity index is 1.61. The molecule has 1 aliphatic carbocycles. The summed E-state index contributed by atoms with van der Waals surface area (Å²) in [5, 5.41) is 6.67. The number of nitrogens with zero attached hydrogens (tertiary/aromatic N) is 1. The lowest BCUT2D eigenvalue weighted by atomic mass is 9.64. The van der Waals surface area contributed by atoms with Crippen LogP contribution in [-0.2, 0) is 15.3 Å². The summed E-state index contributed by atoms with van der Waals surface area (Å²) < 4.78 is 24.3. The standard InChI is InChI=1S/C17H24BrN3O2S/c1-19-16(21-15-7-10-24(22,23)11-15)20-12-17(8-2-9-17)13-3-5-14(18)6-4-13/h3-6,15H,2,7-12H2,1H3,(H2,19,20,21). The van der Waals surface area contributed by atoms with Gasteiger partial charge >= 0.3 is 0 Å². The van der Waals surface area contributed by atoms with Crippen LogP contribution in [0.4, 0.5) is 0 Å². The van der Waals surface area contributed by atoms with E-state index in [1.807, 2.05) is 0 Å². The van der Waals surface area contributed by atoms with E-state index in [2.05, 4.69) is 55.8 Å². The largest absolute Gasteiger partial charge is 0.356 e. The molecule has 0 amide bonds. The van der Waals surface area contributed by atoms with Crippen LogP contribution < -0.4 is 10.6 Å². The van der Waals surface area contributed by atoms with Gasteiger partial charge in [-0.25, -0.2) is 8.42 Å². The van der Waals surface area contributed by atoms with Gasteiger partial charge in [-0.1, -0.05) is 34.5 Å². The summed E-state index contributed by atoms with van der Waals surface area (Å²) >= 11 is 3.49. The maximum atomic E-state index is 11.6. The van der Waals surface area contributed by atoms with Gasteiger partial charge in [-0.2, -0.15) is 0 Å². The highest BCUT2D eigenvalue weighted by Gasteiger charge is 2.38. The molecule has 2 aliphatic rings. The van der Waals surface area contributed by atoms with Crippen molar-refractivity contribution >= 4 is 31.7 Å². The van der Waals surface area contributed by atoms with Gasteiger partial charge in [0, 0.05) is 29.5 Å². The molecule has 1 saturated heterocycles. The van der Waals surface area contributed by atoms with Gasteiger partial charge in [0.25, 0.3) is 0 Å². The third kappa shape index (κ3) is 3.94. The van der Waals surface area contributed by atoms with Crippen LogP contribution in [0.25, 0.3) is 0 Å². The van der Waals surface area contributed by atoms with Gasteiger partial charge < -0.3 is 10.6 Å². The summed E-state index contributed by atoms with van der Waals surface area (Å²) in [7, 11) is -1.15. The normalized spacial score (nSPS) is 25.1. The van der Waals surface area contributed by atoms with Gasteiger partial charge in [0.05, 0.1) is 11.5 Å². The molecule has 1 atom stereocenters. The smallest absolute Gasteiger partial charge is 0.191 e. The Morgan fingerprint density at radius 1 is 1.33 bits per heavy atom. The zero-order chi connectivity index (χ0) is 17.2. The van der Waals surface area contributed by atoms with E-state index in [1.165, 1.54) is 12.0 Å². The van der Waals surface area contributed by atoms with E-state index in [0.29, 0.717) is 12.4 Å². The molecule has 132 valence electrons. The van der Waals surface area contributed by atoms with Crippen LogP contribution in [0, 0.1) is 0 Å². The number of hydrogen-bond donors (Lipinski definition) is 2. The zero-order valence-electron chi connectivity index (χ0n) is 13.9. The number of aliphatic imine (C=N–C) groups is 1. The third-order valence-electron chi connectivity index (χ3n) is 5.16. The molecule has 1 saturated carbocycles. The third-order valence-corrected chi connectivity index (χ3v) is 7.45. The Morgan fingerprint density at radius 2 is 2.04 bits per heavy atom. The first kappa shape index (κ1) is 17.7. The average molecular weight is 414 g/mol. The second-order valence-corrected chi connectivity index (χ2v) is 9.96. The molecule has 0 radical (unpaired) electrons. The van der Waals surface area contributed by atoms with E-state index >= 15 is 0 Å². The SMILES string of the molecule is CN=C(NCC1(c2ccc(Br)cc2)CCC1)NC1CCS(=O)(=O)C1. The fourth-order valence-electron chi connectivity index (χ4n) is 3.52. The van der Waals surface area contributed by atoms with E-state index in [4.69, 9.17) is 0 Å². The molecule has 2 fully saturated rings. The van der Waals surface area contributed by atoms with Crippen LogP contribution in [-0.4, -0.2) is 45.5 Å². The molecular weight excluding hydrogens is 390 g/mol. The second kappa shape index (κ2) is 7.04. The van der Waals surface area contributed by atoms with Crippen molar-refractivity contribution in [1.29, 1.82) is 0 Å². The van der Waals surface area contributed by atoms with Crippen LogP contribution >= 0.6 is 15.9 Å². The van der Waals surface area contributed by atoms with E-state index in [1.54, 1.807) is 7.05 Å². The predicted molar refractivity (Wildman–Crippen MR) is 101 cm³/mol. The van der Waals surface area contributed by atoms with Crippen molar-refractivity contribution in [2.45, 2.75) is 37.1 Å². The Kier molecular flexibility index (Phi) is 5.20. The monoisotopic (exact) mass is 413 g/mol. The number of nitrogens with one attached hydrogen (secondary N) is 2. The quantitative estimate of drug-likeness (QED) is 0.586. The lowest BCUT2D eigenvalue weighted by molar-refractivity contribution is 0.243. The van der Waals surface area contributed by atoms with E-state index in [0.717, 1.165) is 23.9 Å². The Hall–Kier alpha value is -1.08. The van der Waals surface area contributed by atoms with Gasteiger partial charge in [-0.15, -0.1) is 0 Å². The highest BCUT2D eigenvalue weighted by molar-refractivity contribution is 9.10. The lowest BCUT2D eigenvalue weighted by Gasteiger charge is -2.43. The lowest BCUT2D eigenvalue weighted by Crippen LogP contribution is -2.51. The molecule has 0 spiro atoms. The van der Waals surface area contributed by atoms with Gasteiger partial charge in [-0.3, -0.25) is 4.99 Å². The highest BCUT2D eigenvalue weighted by Crippen LogP contribution is 2.43. The minimum Gasteiger partial charge on any atom is -0.356 e. The van der Waals surface area contributed by atoms with Crippen LogP contribution in [0.3, 0.4) is 0 Å². The van der Waals surface area contributed by atoms with Crippen molar-refractivity contribution in [3.05, 3.63) is 34.3 Å². The van der Waals surface area contributed by atoms with Crippen LogP contribution in [0.5, 0.6) is 0 Å². The van der Waals surface area contributed by atoms with Crippen molar-refractivity contribution in [2.75, 3.05) is 25.1 Å². The number of guanidine groups is 1. The Labute approximate surface area is 152 Å².